The number of benzene rings is 1. The zero-order valence-electron chi connectivity index (χ0n) is 9.83. The smallest absolute Gasteiger partial charge is 0.243 e. The van der Waals surface area contributed by atoms with Crippen LogP contribution in [0.5, 0.6) is 5.75 Å². The van der Waals surface area contributed by atoms with Crippen molar-refractivity contribution >= 4 is 10.0 Å². The Morgan fingerprint density at radius 3 is 2.24 bits per heavy atom. The van der Waals surface area contributed by atoms with Gasteiger partial charge in [-0.1, -0.05) is 12.8 Å². The number of rotatable bonds is 3. The van der Waals surface area contributed by atoms with Crippen LogP contribution in [0.3, 0.4) is 0 Å². The second kappa shape index (κ2) is 4.66. The van der Waals surface area contributed by atoms with Crippen LogP contribution in [0.15, 0.2) is 29.2 Å². The average molecular weight is 255 g/mol. The van der Waals surface area contributed by atoms with Crippen molar-refractivity contribution < 1.29 is 13.5 Å². The van der Waals surface area contributed by atoms with E-state index in [0.29, 0.717) is 0 Å². The number of hydrogen-bond acceptors (Lipinski definition) is 3. The van der Waals surface area contributed by atoms with Crippen LogP contribution in [-0.4, -0.2) is 30.9 Å². The Labute approximate surface area is 102 Å². The monoisotopic (exact) mass is 255 g/mol. The number of nitrogens with zero attached hydrogens (tertiary/aromatic N) is 1. The van der Waals surface area contributed by atoms with Gasteiger partial charge < -0.3 is 5.11 Å². The van der Waals surface area contributed by atoms with Crippen molar-refractivity contribution in [2.24, 2.45) is 0 Å². The normalized spacial score (nSPS) is 17.8. The van der Waals surface area contributed by atoms with Gasteiger partial charge in [-0.3, -0.25) is 0 Å². The summed E-state index contributed by atoms with van der Waals surface area (Å²) in [6.07, 6.45) is 4.07. The van der Waals surface area contributed by atoms with Gasteiger partial charge in [0, 0.05) is 13.1 Å². The SMILES string of the molecule is CN(C1CCCC1)S(=O)(=O)c1ccc(O)cc1. The maximum Gasteiger partial charge on any atom is 0.243 e. The fourth-order valence-corrected chi connectivity index (χ4v) is 3.66. The largest absolute Gasteiger partial charge is 0.508 e. The molecule has 0 saturated heterocycles. The molecule has 0 atom stereocenters. The fraction of sp³-hybridized carbons (Fsp3) is 0.500. The first-order valence-corrected chi connectivity index (χ1v) is 7.23. The Morgan fingerprint density at radius 2 is 1.71 bits per heavy atom. The van der Waals surface area contributed by atoms with Crippen LogP contribution >= 0.6 is 0 Å². The van der Waals surface area contributed by atoms with Gasteiger partial charge in [0.05, 0.1) is 4.90 Å². The van der Waals surface area contributed by atoms with Crippen molar-refractivity contribution in [1.82, 2.24) is 4.31 Å². The molecule has 1 N–H and O–H groups in total. The summed E-state index contributed by atoms with van der Waals surface area (Å²) in [7, 11) is -1.78. The topological polar surface area (TPSA) is 57.6 Å². The number of hydrogen-bond donors (Lipinski definition) is 1. The number of phenols is 1. The molecule has 0 amide bonds. The highest BCUT2D eigenvalue weighted by Gasteiger charge is 2.29. The van der Waals surface area contributed by atoms with Gasteiger partial charge in [0.1, 0.15) is 5.75 Å². The molecule has 0 bridgehead atoms. The molecule has 1 aromatic rings. The minimum absolute atomic E-state index is 0.0764. The van der Waals surface area contributed by atoms with E-state index in [4.69, 9.17) is 5.11 Å². The molecule has 0 radical (unpaired) electrons. The Hall–Kier alpha value is -1.07. The van der Waals surface area contributed by atoms with Crippen molar-refractivity contribution in [3.63, 3.8) is 0 Å². The predicted octanol–water partition coefficient (Wildman–Crippen LogP) is 1.96. The second-order valence-corrected chi connectivity index (χ2v) is 6.45. The second-order valence-electron chi connectivity index (χ2n) is 4.45. The summed E-state index contributed by atoms with van der Waals surface area (Å²) in [4.78, 5) is 0.240. The molecule has 1 aliphatic rings. The van der Waals surface area contributed by atoms with Crippen molar-refractivity contribution in [1.29, 1.82) is 0 Å². The number of phenolic OH excluding ortho intramolecular Hbond substituents is 1. The van der Waals surface area contributed by atoms with E-state index in [-0.39, 0.29) is 16.7 Å². The number of sulfonamides is 1. The molecule has 5 heteroatoms. The highest BCUT2D eigenvalue weighted by molar-refractivity contribution is 7.89. The van der Waals surface area contributed by atoms with Crippen LogP contribution in [0, 0.1) is 0 Å². The summed E-state index contributed by atoms with van der Waals surface area (Å²) in [6, 6.07) is 5.80. The van der Waals surface area contributed by atoms with Crippen molar-refractivity contribution in [3.05, 3.63) is 24.3 Å². The highest BCUT2D eigenvalue weighted by atomic mass is 32.2. The lowest BCUT2D eigenvalue weighted by Gasteiger charge is -2.23. The Kier molecular flexibility index (Phi) is 3.40. The van der Waals surface area contributed by atoms with Crippen LogP contribution in [0.4, 0.5) is 0 Å². The first kappa shape index (κ1) is 12.4. The maximum absolute atomic E-state index is 12.3. The molecule has 0 aliphatic heterocycles. The highest BCUT2D eigenvalue weighted by Crippen LogP contribution is 2.27. The van der Waals surface area contributed by atoms with E-state index < -0.39 is 10.0 Å². The van der Waals surface area contributed by atoms with Crippen molar-refractivity contribution in [2.75, 3.05) is 7.05 Å². The van der Waals surface area contributed by atoms with Crippen LogP contribution in [0.25, 0.3) is 0 Å². The lowest BCUT2D eigenvalue weighted by Crippen LogP contribution is -2.35. The Morgan fingerprint density at radius 1 is 1.18 bits per heavy atom. The molecular weight excluding hydrogens is 238 g/mol. The van der Waals surface area contributed by atoms with Crippen LogP contribution in [0.1, 0.15) is 25.7 Å². The number of aromatic hydroxyl groups is 1. The van der Waals surface area contributed by atoms with Gasteiger partial charge >= 0.3 is 0 Å². The van der Waals surface area contributed by atoms with Crippen molar-refractivity contribution in [2.45, 2.75) is 36.6 Å². The van der Waals surface area contributed by atoms with Gasteiger partial charge in [-0.25, -0.2) is 8.42 Å². The van der Waals surface area contributed by atoms with E-state index in [0.717, 1.165) is 25.7 Å². The van der Waals surface area contributed by atoms with Gasteiger partial charge in [0.2, 0.25) is 10.0 Å². The maximum atomic E-state index is 12.3. The minimum atomic E-state index is -3.42. The van der Waals surface area contributed by atoms with E-state index in [2.05, 4.69) is 0 Å². The van der Waals surface area contributed by atoms with Gasteiger partial charge in [0.15, 0.2) is 0 Å². The molecule has 0 heterocycles. The van der Waals surface area contributed by atoms with Crippen LogP contribution in [-0.2, 0) is 10.0 Å². The molecule has 4 nitrogen and oxygen atoms in total. The van der Waals surface area contributed by atoms with E-state index >= 15 is 0 Å². The molecule has 1 fully saturated rings. The summed E-state index contributed by atoms with van der Waals surface area (Å²) in [5.74, 6) is 0.0764. The average Bonchev–Trinajstić information content (AvgIpc) is 2.82. The Bertz CT molecular complexity index is 475. The zero-order valence-corrected chi connectivity index (χ0v) is 10.7. The summed E-state index contributed by atoms with van der Waals surface area (Å²) >= 11 is 0. The molecule has 1 saturated carbocycles. The third-order valence-electron chi connectivity index (χ3n) is 3.35. The summed E-state index contributed by atoms with van der Waals surface area (Å²) < 4.78 is 26.0. The predicted molar refractivity (Wildman–Crippen MR) is 65.3 cm³/mol. The third kappa shape index (κ3) is 2.45. The van der Waals surface area contributed by atoms with Gasteiger partial charge in [0.25, 0.3) is 0 Å². The minimum Gasteiger partial charge on any atom is -0.508 e. The van der Waals surface area contributed by atoms with Crippen molar-refractivity contribution in [3.8, 4) is 5.75 Å². The van der Waals surface area contributed by atoms with Gasteiger partial charge in [-0.15, -0.1) is 0 Å². The molecule has 0 aromatic heterocycles. The molecule has 94 valence electrons. The molecule has 0 spiro atoms. The molecule has 1 aliphatic carbocycles. The van der Waals surface area contributed by atoms with Gasteiger partial charge in [-0.05, 0) is 37.1 Å². The van der Waals surface area contributed by atoms with Crippen LogP contribution < -0.4 is 0 Å². The molecule has 17 heavy (non-hydrogen) atoms. The fourth-order valence-electron chi connectivity index (χ4n) is 2.25. The lowest BCUT2D eigenvalue weighted by atomic mass is 10.3. The summed E-state index contributed by atoms with van der Waals surface area (Å²) in [6.45, 7) is 0. The van der Waals surface area contributed by atoms with E-state index in [1.54, 1.807) is 7.05 Å². The van der Waals surface area contributed by atoms with Gasteiger partial charge in [-0.2, -0.15) is 4.31 Å². The van der Waals surface area contributed by atoms with E-state index in [1.165, 1.54) is 28.6 Å². The standard InChI is InChI=1S/C12H17NO3S/c1-13(10-4-2-3-5-10)17(15,16)12-8-6-11(14)7-9-12/h6-10,14H,2-5H2,1H3. The van der Waals surface area contributed by atoms with E-state index in [9.17, 15) is 8.42 Å². The van der Waals surface area contributed by atoms with E-state index in [1.807, 2.05) is 0 Å². The first-order valence-electron chi connectivity index (χ1n) is 5.79. The first-order chi connectivity index (χ1) is 8.01. The molecule has 1 aromatic carbocycles. The molecule has 0 unspecified atom stereocenters. The third-order valence-corrected chi connectivity index (χ3v) is 5.28. The molecule has 2 rings (SSSR count). The quantitative estimate of drug-likeness (QED) is 0.898. The summed E-state index contributed by atoms with van der Waals surface area (Å²) in [5, 5.41) is 9.16. The van der Waals surface area contributed by atoms with Crippen LogP contribution in [0.2, 0.25) is 0 Å². The lowest BCUT2D eigenvalue weighted by molar-refractivity contribution is 0.373. The Balaban J connectivity index is 2.26. The zero-order chi connectivity index (χ0) is 12.5. The summed E-state index contributed by atoms with van der Waals surface area (Å²) in [5.41, 5.74) is 0. The molecular formula is C12H17NO3S.